The zero-order valence-electron chi connectivity index (χ0n) is 19.4. The number of carbonyl (C=O) groups is 1. The molecule has 0 radical (unpaired) electrons. The van der Waals surface area contributed by atoms with Crippen molar-refractivity contribution in [2.75, 3.05) is 12.3 Å². The second-order valence-electron chi connectivity index (χ2n) is 8.58. The minimum Gasteiger partial charge on any atom is -0.356 e. The molecule has 4 nitrogen and oxygen atoms in total. The normalized spacial score (nSPS) is 20.3. The summed E-state index contributed by atoms with van der Waals surface area (Å²) in [5.41, 5.74) is 2.83. The van der Waals surface area contributed by atoms with Gasteiger partial charge in [-0.1, -0.05) is 93.3 Å². The quantitative estimate of drug-likeness (QED) is 0.310. The molecule has 1 heterocycles. The molecule has 0 saturated carbocycles. The summed E-state index contributed by atoms with van der Waals surface area (Å²) in [7, 11) is 0. The minimum absolute atomic E-state index is 0.205. The van der Waals surface area contributed by atoms with Crippen molar-refractivity contribution >= 4 is 17.7 Å². The van der Waals surface area contributed by atoms with Crippen LogP contribution in [0.4, 0.5) is 0 Å². The van der Waals surface area contributed by atoms with Gasteiger partial charge in [0.05, 0.1) is 12.1 Å². The Kier molecular flexibility index (Phi) is 11.1. The number of nitrogens with one attached hydrogen (secondary N) is 3. The van der Waals surface area contributed by atoms with Crippen molar-refractivity contribution in [1.82, 2.24) is 16.0 Å². The highest BCUT2D eigenvalue weighted by Gasteiger charge is 2.34. The van der Waals surface area contributed by atoms with Crippen LogP contribution in [0.1, 0.15) is 81.5 Å². The van der Waals surface area contributed by atoms with Crippen LogP contribution in [0.2, 0.25) is 0 Å². The molecule has 2 atom stereocenters. The van der Waals surface area contributed by atoms with Crippen LogP contribution in [0.15, 0.2) is 60.7 Å². The van der Waals surface area contributed by atoms with Crippen LogP contribution in [-0.2, 0) is 4.79 Å². The third-order valence-corrected chi connectivity index (χ3v) is 7.13. The summed E-state index contributed by atoms with van der Waals surface area (Å²) in [6, 6.07) is 21.9. The number of rotatable bonds is 14. The van der Waals surface area contributed by atoms with E-state index in [1.165, 1.54) is 36.8 Å². The van der Waals surface area contributed by atoms with Crippen LogP contribution in [-0.4, -0.2) is 23.7 Å². The Hall–Kier alpha value is -1.82. The van der Waals surface area contributed by atoms with Gasteiger partial charge in [0.25, 0.3) is 0 Å². The van der Waals surface area contributed by atoms with Gasteiger partial charge in [-0.05, 0) is 36.1 Å². The highest BCUT2D eigenvalue weighted by atomic mass is 32.2. The van der Waals surface area contributed by atoms with Crippen LogP contribution in [0.3, 0.4) is 0 Å². The van der Waals surface area contributed by atoms with Crippen molar-refractivity contribution in [2.45, 2.75) is 75.9 Å². The maximum absolute atomic E-state index is 12.0. The second-order valence-corrected chi connectivity index (χ2v) is 9.80. The summed E-state index contributed by atoms with van der Waals surface area (Å²) in [4.78, 5) is 12.0. The maximum Gasteiger partial charge on any atom is 0.219 e. The van der Waals surface area contributed by atoms with E-state index in [4.69, 9.17) is 0 Å². The van der Waals surface area contributed by atoms with E-state index in [-0.39, 0.29) is 23.5 Å². The zero-order valence-corrected chi connectivity index (χ0v) is 20.2. The molecule has 2 aromatic carbocycles. The molecule has 2 aromatic rings. The van der Waals surface area contributed by atoms with Gasteiger partial charge in [0, 0.05) is 13.0 Å². The molecule has 174 valence electrons. The molecule has 3 rings (SSSR count). The number of thioether (sulfide) groups is 1. The Balaban J connectivity index is 1.36. The minimum atomic E-state index is 0.205. The van der Waals surface area contributed by atoms with Crippen molar-refractivity contribution in [3.05, 3.63) is 71.8 Å². The summed E-state index contributed by atoms with van der Waals surface area (Å²) in [6.45, 7) is 3.05. The molecule has 2 unspecified atom stereocenters. The third-order valence-electron chi connectivity index (χ3n) is 6.00. The van der Waals surface area contributed by atoms with Gasteiger partial charge in [-0.2, -0.15) is 0 Å². The molecule has 5 heteroatoms. The van der Waals surface area contributed by atoms with Gasteiger partial charge in [-0.3, -0.25) is 15.4 Å². The Labute approximate surface area is 198 Å². The van der Waals surface area contributed by atoms with E-state index >= 15 is 0 Å². The number of hydrogen-bond acceptors (Lipinski definition) is 4. The summed E-state index contributed by atoms with van der Waals surface area (Å²) < 4.78 is 0. The molecule has 0 aliphatic carbocycles. The van der Waals surface area contributed by atoms with E-state index in [1.54, 1.807) is 0 Å². The fourth-order valence-electron chi connectivity index (χ4n) is 4.19. The van der Waals surface area contributed by atoms with Crippen molar-refractivity contribution in [3.8, 4) is 0 Å². The first-order chi connectivity index (χ1) is 15.8. The average Bonchev–Trinajstić information content (AvgIpc) is 3.26. The molecule has 0 bridgehead atoms. The standard InChI is InChI=1S/C27H39N3OS/c1-2-3-4-5-13-20-28-24(31)19-12-14-21-32-27-29-25(22-15-8-6-9-16-22)26(30-27)23-17-10-7-11-18-23/h6-11,15-18,25-27,29-30H,2-5,12-14,19-21H2,1H3,(H,28,31). The van der Waals surface area contributed by atoms with Gasteiger partial charge in [0.2, 0.25) is 5.91 Å². The Morgan fingerprint density at radius 3 is 2.00 bits per heavy atom. The van der Waals surface area contributed by atoms with Crippen LogP contribution < -0.4 is 16.0 Å². The molecular weight excluding hydrogens is 414 g/mol. The summed E-state index contributed by atoms with van der Waals surface area (Å²) in [6.07, 6.45) is 8.81. The molecule has 1 aliphatic heterocycles. The number of hydrogen-bond donors (Lipinski definition) is 3. The monoisotopic (exact) mass is 453 g/mol. The average molecular weight is 454 g/mol. The predicted octanol–water partition coefficient (Wildman–Crippen LogP) is 5.94. The van der Waals surface area contributed by atoms with E-state index in [1.807, 2.05) is 11.8 Å². The van der Waals surface area contributed by atoms with Crippen LogP contribution in [0.25, 0.3) is 0 Å². The van der Waals surface area contributed by atoms with E-state index in [0.29, 0.717) is 6.42 Å². The second kappa shape index (κ2) is 14.4. The van der Waals surface area contributed by atoms with E-state index in [0.717, 1.165) is 31.6 Å². The van der Waals surface area contributed by atoms with E-state index in [9.17, 15) is 4.79 Å². The molecule has 1 amide bonds. The van der Waals surface area contributed by atoms with Crippen molar-refractivity contribution < 1.29 is 4.79 Å². The van der Waals surface area contributed by atoms with Crippen molar-refractivity contribution in [1.29, 1.82) is 0 Å². The predicted molar refractivity (Wildman–Crippen MR) is 137 cm³/mol. The van der Waals surface area contributed by atoms with Gasteiger partial charge < -0.3 is 5.32 Å². The molecule has 0 spiro atoms. The summed E-state index contributed by atoms with van der Waals surface area (Å²) in [5.74, 6) is 1.24. The maximum atomic E-state index is 12.0. The molecule has 1 aliphatic rings. The first-order valence-electron chi connectivity index (χ1n) is 12.3. The van der Waals surface area contributed by atoms with Gasteiger partial charge in [0.15, 0.2) is 0 Å². The lowest BCUT2D eigenvalue weighted by Crippen LogP contribution is -2.28. The first kappa shape index (κ1) is 24.8. The highest BCUT2D eigenvalue weighted by Crippen LogP contribution is 2.35. The van der Waals surface area contributed by atoms with Crippen molar-refractivity contribution in [2.24, 2.45) is 0 Å². The smallest absolute Gasteiger partial charge is 0.219 e. The molecule has 3 N–H and O–H groups in total. The SMILES string of the molecule is CCCCCCCNC(=O)CCCCSC1NC(c2ccccc2)C(c2ccccc2)N1. The summed E-state index contributed by atoms with van der Waals surface area (Å²) >= 11 is 1.91. The molecule has 0 aromatic heterocycles. The van der Waals surface area contributed by atoms with Crippen LogP contribution >= 0.6 is 11.8 Å². The Morgan fingerprint density at radius 1 is 0.812 bits per heavy atom. The molecule has 1 saturated heterocycles. The summed E-state index contributed by atoms with van der Waals surface area (Å²) in [5, 5.41) is 10.6. The Morgan fingerprint density at radius 2 is 1.41 bits per heavy atom. The van der Waals surface area contributed by atoms with Crippen LogP contribution in [0, 0.1) is 0 Å². The molecule has 32 heavy (non-hydrogen) atoms. The van der Waals surface area contributed by atoms with Gasteiger partial charge in [0.1, 0.15) is 5.50 Å². The number of benzene rings is 2. The number of amides is 1. The lowest BCUT2D eigenvalue weighted by Gasteiger charge is -2.19. The first-order valence-corrected chi connectivity index (χ1v) is 13.3. The van der Waals surface area contributed by atoms with Crippen LogP contribution in [0.5, 0.6) is 0 Å². The van der Waals surface area contributed by atoms with E-state index in [2.05, 4.69) is 83.5 Å². The van der Waals surface area contributed by atoms with Gasteiger partial charge in [-0.15, -0.1) is 11.8 Å². The lowest BCUT2D eigenvalue weighted by molar-refractivity contribution is -0.121. The fraction of sp³-hybridized carbons (Fsp3) is 0.519. The molecule has 1 fully saturated rings. The van der Waals surface area contributed by atoms with Gasteiger partial charge in [-0.25, -0.2) is 0 Å². The molecular formula is C27H39N3OS. The topological polar surface area (TPSA) is 53.2 Å². The zero-order chi connectivity index (χ0) is 22.4. The van der Waals surface area contributed by atoms with Gasteiger partial charge >= 0.3 is 0 Å². The lowest BCUT2D eigenvalue weighted by atomic mass is 9.95. The van der Waals surface area contributed by atoms with Crippen molar-refractivity contribution in [3.63, 3.8) is 0 Å². The third kappa shape index (κ3) is 8.27. The van der Waals surface area contributed by atoms with E-state index < -0.39 is 0 Å². The number of carbonyl (C=O) groups excluding carboxylic acids is 1. The fourth-order valence-corrected chi connectivity index (χ4v) is 5.29. The largest absolute Gasteiger partial charge is 0.356 e. The highest BCUT2D eigenvalue weighted by molar-refractivity contribution is 7.99. The number of unbranched alkanes of at least 4 members (excludes halogenated alkanes) is 5. The Bertz CT molecular complexity index is 723.